The second-order valence-corrected chi connectivity index (χ2v) is 3.67. The van der Waals surface area contributed by atoms with Gasteiger partial charge in [0, 0.05) is 24.3 Å². The maximum Gasteiger partial charge on any atom is 0.134 e. The first-order valence-corrected chi connectivity index (χ1v) is 5.04. The number of hydrogen-bond acceptors (Lipinski definition) is 1. The van der Waals surface area contributed by atoms with Crippen LogP contribution in [0.25, 0.3) is 10.9 Å². The van der Waals surface area contributed by atoms with Crippen LogP contribution in [-0.2, 0) is 4.74 Å². The lowest BCUT2D eigenvalue weighted by molar-refractivity contribution is 0.0601. The maximum absolute atomic E-state index is 5.65. The first kappa shape index (κ1) is 8.06. The molecule has 2 nitrogen and oxygen atoms in total. The quantitative estimate of drug-likeness (QED) is 0.668. The molecule has 2 heteroatoms. The van der Waals surface area contributed by atoms with Crippen LogP contribution in [0.5, 0.6) is 0 Å². The molecule has 1 fully saturated rings. The van der Waals surface area contributed by atoms with Gasteiger partial charge in [-0.2, -0.15) is 0 Å². The normalized spacial score (nSPS) is 21.9. The molecule has 1 aliphatic heterocycles. The molecule has 0 aliphatic carbocycles. The molecular formula is C12H12NO. The zero-order chi connectivity index (χ0) is 9.38. The Morgan fingerprint density at radius 1 is 1.36 bits per heavy atom. The lowest BCUT2D eigenvalue weighted by Gasteiger charge is -2.12. The Morgan fingerprint density at radius 3 is 3.14 bits per heavy atom. The molecule has 0 amide bonds. The molecule has 0 bridgehead atoms. The summed E-state index contributed by atoms with van der Waals surface area (Å²) < 4.78 is 7.83. The fraction of sp³-hybridized carbons (Fsp3) is 0.333. The van der Waals surface area contributed by atoms with Crippen LogP contribution in [0.15, 0.2) is 30.5 Å². The molecule has 2 heterocycles. The monoisotopic (exact) mass is 186 g/mol. The highest BCUT2D eigenvalue weighted by atomic mass is 16.5. The summed E-state index contributed by atoms with van der Waals surface area (Å²) in [5, 5.41) is 1.17. The van der Waals surface area contributed by atoms with E-state index in [-0.39, 0.29) is 6.23 Å². The van der Waals surface area contributed by atoms with Crippen molar-refractivity contribution in [2.45, 2.75) is 19.1 Å². The minimum absolute atomic E-state index is 0.228. The highest BCUT2D eigenvalue weighted by molar-refractivity contribution is 5.79. The van der Waals surface area contributed by atoms with Crippen molar-refractivity contribution in [3.63, 3.8) is 0 Å². The van der Waals surface area contributed by atoms with Gasteiger partial charge in [0.15, 0.2) is 0 Å². The van der Waals surface area contributed by atoms with Crippen LogP contribution in [0.1, 0.15) is 19.1 Å². The van der Waals surface area contributed by atoms with Crippen molar-refractivity contribution in [1.82, 2.24) is 4.57 Å². The smallest absolute Gasteiger partial charge is 0.134 e. The number of para-hydroxylation sites is 1. The van der Waals surface area contributed by atoms with Crippen molar-refractivity contribution in [1.29, 1.82) is 0 Å². The number of fused-ring (bicyclic) bond motifs is 1. The van der Waals surface area contributed by atoms with Crippen LogP contribution >= 0.6 is 0 Å². The van der Waals surface area contributed by atoms with E-state index in [1.165, 1.54) is 10.9 Å². The Bertz CT molecular complexity index is 440. The van der Waals surface area contributed by atoms with Gasteiger partial charge in [0.25, 0.3) is 0 Å². The number of ether oxygens (including phenoxy) is 1. The predicted molar refractivity (Wildman–Crippen MR) is 55.0 cm³/mol. The fourth-order valence-electron chi connectivity index (χ4n) is 2.05. The van der Waals surface area contributed by atoms with Crippen LogP contribution in [0, 0.1) is 6.07 Å². The second kappa shape index (κ2) is 3.14. The topological polar surface area (TPSA) is 14.2 Å². The molecule has 71 valence electrons. The SMILES string of the molecule is [c]1cn(C2CCCO2)c2ccccc12. The molecule has 0 spiro atoms. The molecule has 0 N–H and O–H groups in total. The van der Waals surface area contributed by atoms with Crippen molar-refractivity contribution in [3.8, 4) is 0 Å². The molecule has 14 heavy (non-hydrogen) atoms. The van der Waals surface area contributed by atoms with Crippen molar-refractivity contribution >= 4 is 10.9 Å². The van der Waals surface area contributed by atoms with Crippen molar-refractivity contribution in [2.24, 2.45) is 0 Å². The van der Waals surface area contributed by atoms with Gasteiger partial charge in [0.2, 0.25) is 0 Å². The molecular weight excluding hydrogens is 174 g/mol. The van der Waals surface area contributed by atoms with Gasteiger partial charge in [-0.05, 0) is 18.9 Å². The third-order valence-corrected chi connectivity index (χ3v) is 2.76. The minimum Gasteiger partial charge on any atom is -0.358 e. The highest BCUT2D eigenvalue weighted by Gasteiger charge is 2.18. The van der Waals surface area contributed by atoms with Crippen LogP contribution in [0.4, 0.5) is 0 Å². The average molecular weight is 186 g/mol. The summed E-state index contributed by atoms with van der Waals surface area (Å²) in [7, 11) is 0. The van der Waals surface area contributed by atoms with E-state index in [9.17, 15) is 0 Å². The Balaban J connectivity index is 2.11. The standard InChI is InChI=1S/C12H12NO/c1-2-5-11-10(4-1)7-8-13(11)12-6-3-9-14-12/h1-2,4-5,8,12H,3,6,9H2. The summed E-state index contributed by atoms with van der Waals surface area (Å²) >= 11 is 0. The number of nitrogens with zero attached hydrogens (tertiary/aromatic N) is 1. The summed E-state index contributed by atoms with van der Waals surface area (Å²) in [4.78, 5) is 0. The third kappa shape index (κ3) is 1.15. The number of aromatic nitrogens is 1. The second-order valence-electron chi connectivity index (χ2n) is 3.67. The third-order valence-electron chi connectivity index (χ3n) is 2.76. The van der Waals surface area contributed by atoms with Crippen LogP contribution in [0.2, 0.25) is 0 Å². The average Bonchev–Trinajstić information content (AvgIpc) is 2.85. The molecule has 3 rings (SSSR count). The van der Waals surface area contributed by atoms with Crippen molar-refractivity contribution in [3.05, 3.63) is 36.5 Å². The molecule has 1 aromatic carbocycles. The van der Waals surface area contributed by atoms with Crippen molar-refractivity contribution in [2.75, 3.05) is 6.61 Å². The summed E-state index contributed by atoms with van der Waals surface area (Å²) in [5.74, 6) is 0. The highest BCUT2D eigenvalue weighted by Crippen LogP contribution is 2.27. The van der Waals surface area contributed by atoms with Gasteiger partial charge in [-0.3, -0.25) is 0 Å². The first-order chi connectivity index (χ1) is 6.95. The number of benzene rings is 1. The molecule has 1 unspecified atom stereocenters. The van der Waals surface area contributed by atoms with Crippen LogP contribution in [-0.4, -0.2) is 11.2 Å². The molecule has 2 aromatic rings. The molecule has 1 aromatic heterocycles. The van der Waals surface area contributed by atoms with Gasteiger partial charge in [-0.15, -0.1) is 0 Å². The predicted octanol–water partition coefficient (Wildman–Crippen LogP) is 2.75. The fourth-order valence-corrected chi connectivity index (χ4v) is 2.05. The van der Waals surface area contributed by atoms with E-state index in [1.807, 2.05) is 12.3 Å². The Hall–Kier alpha value is -1.28. The van der Waals surface area contributed by atoms with Crippen LogP contribution < -0.4 is 0 Å². The maximum atomic E-state index is 5.65. The summed E-state index contributed by atoms with van der Waals surface area (Å²) in [6, 6.07) is 11.5. The van der Waals surface area contributed by atoms with Gasteiger partial charge in [0.1, 0.15) is 6.23 Å². The zero-order valence-electron chi connectivity index (χ0n) is 7.94. The molecule has 0 saturated carbocycles. The van der Waals surface area contributed by atoms with Crippen LogP contribution in [0.3, 0.4) is 0 Å². The molecule has 1 saturated heterocycles. The summed E-state index contributed by atoms with van der Waals surface area (Å²) in [6.07, 6.45) is 4.51. The van der Waals surface area contributed by atoms with E-state index < -0.39 is 0 Å². The van der Waals surface area contributed by atoms with E-state index in [2.05, 4.69) is 28.8 Å². The zero-order valence-corrected chi connectivity index (χ0v) is 7.94. The number of hydrogen-bond donors (Lipinski definition) is 0. The number of rotatable bonds is 1. The largest absolute Gasteiger partial charge is 0.358 e. The minimum atomic E-state index is 0.228. The van der Waals surface area contributed by atoms with E-state index in [0.29, 0.717) is 0 Å². The Morgan fingerprint density at radius 2 is 2.29 bits per heavy atom. The molecule has 1 aliphatic rings. The van der Waals surface area contributed by atoms with Gasteiger partial charge < -0.3 is 9.30 Å². The van der Waals surface area contributed by atoms with Crippen molar-refractivity contribution < 1.29 is 4.74 Å². The summed E-state index contributed by atoms with van der Waals surface area (Å²) in [6.45, 7) is 0.886. The van der Waals surface area contributed by atoms with E-state index in [4.69, 9.17) is 4.74 Å². The Kier molecular flexibility index (Phi) is 1.81. The molecule has 1 atom stereocenters. The van der Waals surface area contributed by atoms with Gasteiger partial charge in [0.05, 0.1) is 5.52 Å². The van der Waals surface area contributed by atoms with Gasteiger partial charge in [-0.1, -0.05) is 18.2 Å². The van der Waals surface area contributed by atoms with E-state index in [1.54, 1.807) is 0 Å². The van der Waals surface area contributed by atoms with E-state index >= 15 is 0 Å². The summed E-state index contributed by atoms with van der Waals surface area (Å²) in [5.41, 5.74) is 1.22. The lowest BCUT2D eigenvalue weighted by Crippen LogP contribution is -2.04. The van der Waals surface area contributed by atoms with Gasteiger partial charge >= 0.3 is 0 Å². The first-order valence-electron chi connectivity index (χ1n) is 5.04. The lowest BCUT2D eigenvalue weighted by atomic mass is 10.2. The van der Waals surface area contributed by atoms with E-state index in [0.717, 1.165) is 19.4 Å². The molecule has 1 radical (unpaired) electrons. The Labute approximate surface area is 83.1 Å². The van der Waals surface area contributed by atoms with Gasteiger partial charge in [-0.25, -0.2) is 0 Å².